The monoisotopic (exact) mass is 552 g/mol. The van der Waals surface area contributed by atoms with Gasteiger partial charge in [0.15, 0.2) is 5.96 Å². The first kappa shape index (κ1) is 24.5. The zero-order chi connectivity index (χ0) is 21.1. The minimum Gasteiger partial charge on any atom is -0.355 e. The number of halogens is 4. The Morgan fingerprint density at radius 3 is 2.35 bits per heavy atom. The summed E-state index contributed by atoms with van der Waals surface area (Å²) in [7, 11) is 1.79. The number of piperazine rings is 3. The van der Waals surface area contributed by atoms with Gasteiger partial charge in [-0.3, -0.25) is 19.7 Å². The zero-order valence-electron chi connectivity index (χ0n) is 17.9. The molecule has 4 fully saturated rings. The van der Waals surface area contributed by atoms with Gasteiger partial charge in [0.05, 0.1) is 5.56 Å². The van der Waals surface area contributed by atoms with Crippen LogP contribution in [0.4, 0.5) is 13.2 Å². The van der Waals surface area contributed by atoms with Crippen molar-refractivity contribution in [3.8, 4) is 0 Å². The molecule has 0 amide bonds. The van der Waals surface area contributed by atoms with Crippen LogP contribution < -0.4 is 10.6 Å². The number of nitrogens with one attached hydrogen (secondary N) is 2. The van der Waals surface area contributed by atoms with E-state index in [0.717, 1.165) is 69.3 Å². The number of alkyl halides is 3. The lowest BCUT2D eigenvalue weighted by Crippen LogP contribution is -2.64. The number of rotatable bonds is 5. The molecule has 0 saturated carbocycles. The summed E-state index contributed by atoms with van der Waals surface area (Å²) in [6, 6.07) is 6.30. The highest BCUT2D eigenvalue weighted by Crippen LogP contribution is 2.29. The number of hydrogen-bond acceptors (Lipinski definition) is 4. The molecule has 2 atom stereocenters. The molecule has 2 unspecified atom stereocenters. The van der Waals surface area contributed by atoms with Crippen molar-refractivity contribution in [1.82, 2.24) is 25.3 Å². The summed E-state index contributed by atoms with van der Waals surface area (Å²) in [5, 5.41) is 6.99. The number of likely N-dealkylation sites (tertiary alicyclic amines) is 1. The predicted octanol–water partition coefficient (Wildman–Crippen LogP) is 2.06. The average molecular weight is 552 g/mol. The standard InChI is InChI=1S/C21H31F3N6.HI/c1-25-20(26-12-19-15-28-8-10-30(19)11-9-28)27-18-6-7-29(14-18)13-16-2-4-17(5-3-16)21(22,23)24;/h2-5,18-19H,6-15H2,1H3,(H2,25,26,27);1H. The Balaban J connectivity index is 0.00000272. The quantitative estimate of drug-likeness (QED) is 0.333. The third-order valence-corrected chi connectivity index (χ3v) is 6.42. The van der Waals surface area contributed by atoms with Crippen molar-refractivity contribution in [3.63, 3.8) is 0 Å². The summed E-state index contributed by atoms with van der Waals surface area (Å²) in [5.41, 5.74) is 0.309. The molecule has 0 aliphatic carbocycles. The fourth-order valence-electron chi connectivity index (χ4n) is 4.67. The van der Waals surface area contributed by atoms with E-state index in [1.807, 2.05) is 0 Å². The molecule has 1 aromatic rings. The van der Waals surface area contributed by atoms with Gasteiger partial charge in [0.25, 0.3) is 0 Å². The van der Waals surface area contributed by atoms with Gasteiger partial charge in [-0.05, 0) is 24.1 Å². The van der Waals surface area contributed by atoms with Crippen LogP contribution in [0.1, 0.15) is 17.5 Å². The van der Waals surface area contributed by atoms with E-state index >= 15 is 0 Å². The minimum atomic E-state index is -4.28. The first-order chi connectivity index (χ1) is 14.4. The largest absolute Gasteiger partial charge is 0.416 e. The van der Waals surface area contributed by atoms with Crippen molar-refractivity contribution in [2.75, 3.05) is 59.4 Å². The van der Waals surface area contributed by atoms with Crippen LogP contribution in [0.3, 0.4) is 0 Å². The molecular formula is C21H32F3IN6. The SMILES string of the molecule is CN=C(NCC1CN2CCN1CC2)NC1CCN(Cc2ccc(C(F)(F)F)cc2)C1.I. The molecular weight excluding hydrogens is 520 g/mol. The Labute approximate surface area is 199 Å². The summed E-state index contributed by atoms with van der Waals surface area (Å²) in [4.78, 5) is 11.7. The summed E-state index contributed by atoms with van der Waals surface area (Å²) < 4.78 is 38.1. The number of benzene rings is 1. The van der Waals surface area contributed by atoms with Crippen LogP contribution in [0.2, 0.25) is 0 Å². The van der Waals surface area contributed by atoms with Crippen LogP contribution in [0.25, 0.3) is 0 Å². The zero-order valence-corrected chi connectivity index (χ0v) is 20.2. The molecule has 4 saturated heterocycles. The lowest BCUT2D eigenvalue weighted by Gasteiger charge is -2.47. The fraction of sp³-hybridized carbons (Fsp3) is 0.667. The van der Waals surface area contributed by atoms with Crippen LogP contribution in [0.15, 0.2) is 29.3 Å². The second-order valence-corrected chi connectivity index (χ2v) is 8.50. The van der Waals surface area contributed by atoms with Crippen molar-refractivity contribution in [2.24, 2.45) is 4.99 Å². The van der Waals surface area contributed by atoms with Crippen LogP contribution in [0, 0.1) is 0 Å². The van der Waals surface area contributed by atoms with Gasteiger partial charge in [0.2, 0.25) is 0 Å². The molecule has 10 heteroatoms. The number of aliphatic imine (C=N–C) groups is 1. The molecule has 2 bridgehead atoms. The van der Waals surface area contributed by atoms with Crippen molar-refractivity contribution >= 4 is 29.9 Å². The molecule has 1 aromatic carbocycles. The summed E-state index contributed by atoms with van der Waals surface area (Å²) in [5.74, 6) is 0.828. The van der Waals surface area contributed by atoms with Gasteiger partial charge in [0, 0.05) is 78.0 Å². The van der Waals surface area contributed by atoms with Gasteiger partial charge in [-0.1, -0.05) is 12.1 Å². The van der Waals surface area contributed by atoms with E-state index in [-0.39, 0.29) is 30.0 Å². The first-order valence-electron chi connectivity index (χ1n) is 10.7. The van der Waals surface area contributed by atoms with Crippen LogP contribution >= 0.6 is 24.0 Å². The first-order valence-corrected chi connectivity index (χ1v) is 10.7. The maximum Gasteiger partial charge on any atom is 0.416 e. The molecule has 0 spiro atoms. The Morgan fingerprint density at radius 2 is 1.77 bits per heavy atom. The molecule has 4 aliphatic rings. The van der Waals surface area contributed by atoms with E-state index in [9.17, 15) is 13.2 Å². The minimum absolute atomic E-state index is 0. The predicted molar refractivity (Wildman–Crippen MR) is 127 cm³/mol. The number of hydrogen-bond donors (Lipinski definition) is 2. The Hall–Kier alpha value is -1.11. The van der Waals surface area contributed by atoms with E-state index < -0.39 is 11.7 Å². The molecule has 2 N–H and O–H groups in total. The van der Waals surface area contributed by atoms with Crippen molar-refractivity contribution in [1.29, 1.82) is 0 Å². The van der Waals surface area contributed by atoms with E-state index in [4.69, 9.17) is 0 Å². The van der Waals surface area contributed by atoms with Gasteiger partial charge in [-0.15, -0.1) is 24.0 Å². The highest BCUT2D eigenvalue weighted by Gasteiger charge is 2.32. The summed E-state index contributed by atoms with van der Waals surface area (Å²) in [6.45, 7) is 9.11. The second kappa shape index (κ2) is 10.7. The van der Waals surface area contributed by atoms with E-state index in [0.29, 0.717) is 12.6 Å². The smallest absolute Gasteiger partial charge is 0.355 e. The summed E-state index contributed by atoms with van der Waals surface area (Å²) in [6.07, 6.45) is -3.29. The van der Waals surface area contributed by atoms with Crippen LogP contribution in [-0.4, -0.2) is 92.1 Å². The van der Waals surface area contributed by atoms with E-state index in [2.05, 4.69) is 30.3 Å². The highest BCUT2D eigenvalue weighted by molar-refractivity contribution is 14.0. The van der Waals surface area contributed by atoms with Gasteiger partial charge in [0.1, 0.15) is 0 Å². The molecule has 174 valence electrons. The normalized spacial score (nSPS) is 29.0. The number of guanidine groups is 1. The van der Waals surface area contributed by atoms with Gasteiger partial charge < -0.3 is 10.6 Å². The second-order valence-electron chi connectivity index (χ2n) is 8.50. The van der Waals surface area contributed by atoms with Gasteiger partial charge >= 0.3 is 6.18 Å². The molecule has 0 aromatic heterocycles. The third kappa shape index (κ3) is 6.45. The Morgan fingerprint density at radius 1 is 1.06 bits per heavy atom. The molecule has 6 nitrogen and oxygen atoms in total. The molecule has 4 aliphatic heterocycles. The molecule has 31 heavy (non-hydrogen) atoms. The molecule has 5 rings (SSSR count). The topological polar surface area (TPSA) is 46.1 Å². The Bertz CT molecular complexity index is 734. The van der Waals surface area contributed by atoms with Gasteiger partial charge in [-0.25, -0.2) is 0 Å². The average Bonchev–Trinajstić information content (AvgIpc) is 3.18. The lowest BCUT2D eigenvalue weighted by atomic mass is 10.1. The van der Waals surface area contributed by atoms with Crippen LogP contribution in [-0.2, 0) is 12.7 Å². The lowest BCUT2D eigenvalue weighted by molar-refractivity contribution is -0.137. The third-order valence-electron chi connectivity index (χ3n) is 6.42. The maximum absolute atomic E-state index is 12.7. The van der Waals surface area contributed by atoms with Crippen molar-refractivity contribution in [2.45, 2.75) is 31.2 Å². The highest BCUT2D eigenvalue weighted by atomic mass is 127. The number of fused-ring (bicyclic) bond motifs is 3. The van der Waals surface area contributed by atoms with Crippen LogP contribution in [0.5, 0.6) is 0 Å². The fourth-order valence-corrected chi connectivity index (χ4v) is 4.67. The summed E-state index contributed by atoms with van der Waals surface area (Å²) >= 11 is 0. The van der Waals surface area contributed by atoms with E-state index in [1.54, 1.807) is 19.2 Å². The van der Waals surface area contributed by atoms with Crippen molar-refractivity contribution in [3.05, 3.63) is 35.4 Å². The Kier molecular flexibility index (Phi) is 8.44. The van der Waals surface area contributed by atoms with Crippen molar-refractivity contribution < 1.29 is 13.2 Å². The molecule has 0 radical (unpaired) electrons. The number of nitrogens with zero attached hydrogens (tertiary/aromatic N) is 4. The van der Waals surface area contributed by atoms with E-state index in [1.165, 1.54) is 13.1 Å². The molecule has 4 heterocycles. The maximum atomic E-state index is 12.7. The van der Waals surface area contributed by atoms with Gasteiger partial charge in [-0.2, -0.15) is 13.2 Å².